The van der Waals surface area contributed by atoms with Gasteiger partial charge in [-0.3, -0.25) is 28.9 Å². The molecular formula is C28H35N5O3. The second-order valence-electron chi connectivity index (χ2n) is 9.70. The van der Waals surface area contributed by atoms with E-state index in [0.29, 0.717) is 17.8 Å². The Balaban J connectivity index is 1.87. The smallest absolute Gasteiger partial charge is 0.295 e. The van der Waals surface area contributed by atoms with Crippen LogP contribution in [0.3, 0.4) is 0 Å². The first kappa shape index (κ1) is 25.4. The lowest BCUT2D eigenvalue weighted by Crippen LogP contribution is -2.61. The fourth-order valence-corrected chi connectivity index (χ4v) is 5.00. The van der Waals surface area contributed by atoms with E-state index >= 15 is 0 Å². The number of pyridine rings is 1. The van der Waals surface area contributed by atoms with Crippen LogP contribution in [0.5, 0.6) is 0 Å². The standard InChI is InChI=1S/C28H35N5O3/c1-5-28(3,27(36)30-21-14-8-6-9-15-21)32(25(34)23-18-12-13-19-29-23)24-20(2)31(4)33(26(24)35)22-16-10-7-11-17-22/h7,10-13,16-19,21H,5-6,8-9,14-15H2,1-4H3,(H,30,36). The Morgan fingerprint density at radius 3 is 2.36 bits per heavy atom. The third-order valence-electron chi connectivity index (χ3n) is 7.45. The maximum absolute atomic E-state index is 14.0. The molecule has 1 N–H and O–H groups in total. The zero-order valence-corrected chi connectivity index (χ0v) is 21.5. The van der Waals surface area contributed by atoms with Gasteiger partial charge in [0.25, 0.3) is 11.5 Å². The summed E-state index contributed by atoms with van der Waals surface area (Å²) in [6, 6.07) is 14.4. The molecule has 0 radical (unpaired) electrons. The molecule has 1 atom stereocenters. The molecule has 2 aromatic heterocycles. The minimum absolute atomic E-state index is 0.0711. The molecule has 2 heterocycles. The van der Waals surface area contributed by atoms with Crippen molar-refractivity contribution < 1.29 is 9.59 Å². The molecule has 1 fully saturated rings. The van der Waals surface area contributed by atoms with Crippen LogP contribution in [0.4, 0.5) is 5.69 Å². The number of amides is 2. The maximum atomic E-state index is 14.0. The molecule has 8 nitrogen and oxygen atoms in total. The van der Waals surface area contributed by atoms with Crippen molar-refractivity contribution in [2.75, 3.05) is 4.90 Å². The number of anilines is 1. The normalized spacial score (nSPS) is 15.8. The summed E-state index contributed by atoms with van der Waals surface area (Å²) < 4.78 is 3.25. The van der Waals surface area contributed by atoms with Crippen molar-refractivity contribution in [3.05, 3.63) is 76.5 Å². The Labute approximate surface area is 211 Å². The summed E-state index contributed by atoms with van der Waals surface area (Å²) in [5.41, 5.74) is -0.0497. The topological polar surface area (TPSA) is 89.2 Å². The lowest BCUT2D eigenvalue weighted by atomic mass is 9.90. The fraction of sp³-hybridized carbons (Fsp3) is 0.429. The first-order valence-corrected chi connectivity index (χ1v) is 12.7. The Hall–Kier alpha value is -3.68. The van der Waals surface area contributed by atoms with Crippen LogP contribution in [0, 0.1) is 6.92 Å². The first-order valence-electron chi connectivity index (χ1n) is 12.7. The molecule has 8 heteroatoms. The van der Waals surface area contributed by atoms with E-state index in [4.69, 9.17) is 0 Å². The largest absolute Gasteiger partial charge is 0.351 e. The molecule has 1 aliphatic carbocycles. The number of para-hydroxylation sites is 1. The molecule has 1 unspecified atom stereocenters. The summed E-state index contributed by atoms with van der Waals surface area (Å²) in [6.45, 7) is 5.40. The summed E-state index contributed by atoms with van der Waals surface area (Å²) in [5, 5.41) is 3.19. The predicted molar refractivity (Wildman–Crippen MR) is 141 cm³/mol. The number of aromatic nitrogens is 3. The highest BCUT2D eigenvalue weighted by atomic mass is 16.2. The molecular weight excluding hydrogens is 454 g/mol. The first-order chi connectivity index (χ1) is 17.3. The molecule has 190 valence electrons. The minimum Gasteiger partial charge on any atom is -0.351 e. The van der Waals surface area contributed by atoms with Gasteiger partial charge in [0.05, 0.1) is 11.4 Å². The van der Waals surface area contributed by atoms with E-state index in [0.717, 1.165) is 25.7 Å². The minimum atomic E-state index is -1.30. The average Bonchev–Trinajstić information content (AvgIpc) is 3.13. The van der Waals surface area contributed by atoms with Gasteiger partial charge in [-0.05, 0) is 57.4 Å². The summed E-state index contributed by atoms with van der Waals surface area (Å²) in [6.07, 6.45) is 7.02. The van der Waals surface area contributed by atoms with Crippen LogP contribution in [0.15, 0.2) is 59.5 Å². The SMILES string of the molecule is CCC(C)(C(=O)NC1CCCCC1)N(C(=O)c1ccccn1)c1c(C)n(C)n(-c2ccccc2)c1=O. The summed E-state index contributed by atoms with van der Waals surface area (Å²) in [5.74, 6) is -0.736. The molecule has 3 aromatic rings. The van der Waals surface area contributed by atoms with Gasteiger partial charge >= 0.3 is 0 Å². The molecule has 1 saturated carbocycles. The van der Waals surface area contributed by atoms with Crippen LogP contribution in [0.1, 0.15) is 68.6 Å². The lowest BCUT2D eigenvalue weighted by Gasteiger charge is -2.40. The Kier molecular flexibility index (Phi) is 7.43. The van der Waals surface area contributed by atoms with Gasteiger partial charge in [-0.1, -0.05) is 50.5 Å². The van der Waals surface area contributed by atoms with E-state index in [1.165, 1.54) is 22.2 Å². The van der Waals surface area contributed by atoms with Crippen molar-refractivity contribution in [1.82, 2.24) is 19.7 Å². The van der Waals surface area contributed by atoms with Crippen LogP contribution in [-0.2, 0) is 11.8 Å². The van der Waals surface area contributed by atoms with Gasteiger partial charge < -0.3 is 5.32 Å². The maximum Gasteiger partial charge on any atom is 0.295 e. The summed E-state index contributed by atoms with van der Waals surface area (Å²) in [4.78, 5) is 47.5. The second kappa shape index (κ2) is 10.5. The Bertz CT molecular complexity index is 1280. The van der Waals surface area contributed by atoms with Gasteiger partial charge in [-0.2, -0.15) is 0 Å². The van der Waals surface area contributed by atoms with Crippen molar-refractivity contribution >= 4 is 17.5 Å². The Morgan fingerprint density at radius 2 is 1.75 bits per heavy atom. The van der Waals surface area contributed by atoms with Crippen molar-refractivity contribution in [2.24, 2.45) is 7.05 Å². The number of nitrogens with one attached hydrogen (secondary N) is 1. The molecule has 2 amide bonds. The fourth-order valence-electron chi connectivity index (χ4n) is 5.00. The van der Waals surface area contributed by atoms with Crippen molar-refractivity contribution in [3.8, 4) is 5.69 Å². The van der Waals surface area contributed by atoms with E-state index in [1.54, 1.807) is 43.8 Å². The quantitative estimate of drug-likeness (QED) is 0.540. The van der Waals surface area contributed by atoms with Crippen LogP contribution < -0.4 is 15.8 Å². The molecule has 0 aliphatic heterocycles. The third kappa shape index (κ3) is 4.59. The highest BCUT2D eigenvalue weighted by Gasteiger charge is 2.45. The van der Waals surface area contributed by atoms with Gasteiger partial charge in [0.1, 0.15) is 16.9 Å². The second-order valence-corrected chi connectivity index (χ2v) is 9.70. The predicted octanol–water partition coefficient (Wildman–Crippen LogP) is 4.14. The van der Waals surface area contributed by atoms with Gasteiger partial charge in [-0.25, -0.2) is 4.68 Å². The molecule has 0 spiro atoms. The summed E-state index contributed by atoms with van der Waals surface area (Å²) >= 11 is 0. The summed E-state index contributed by atoms with van der Waals surface area (Å²) in [7, 11) is 1.78. The molecule has 0 bridgehead atoms. The molecule has 0 saturated heterocycles. The van der Waals surface area contributed by atoms with Crippen LogP contribution in [0.25, 0.3) is 5.69 Å². The number of nitrogens with zero attached hydrogens (tertiary/aromatic N) is 4. The van der Waals surface area contributed by atoms with Gasteiger partial charge in [0.2, 0.25) is 5.91 Å². The number of rotatable bonds is 7. The van der Waals surface area contributed by atoms with Crippen LogP contribution >= 0.6 is 0 Å². The van der Waals surface area contributed by atoms with Crippen molar-refractivity contribution in [2.45, 2.75) is 70.9 Å². The number of hydrogen-bond donors (Lipinski definition) is 1. The van der Waals surface area contributed by atoms with E-state index in [9.17, 15) is 14.4 Å². The molecule has 36 heavy (non-hydrogen) atoms. The third-order valence-corrected chi connectivity index (χ3v) is 7.45. The van der Waals surface area contributed by atoms with E-state index < -0.39 is 11.4 Å². The van der Waals surface area contributed by atoms with E-state index in [2.05, 4.69) is 10.3 Å². The van der Waals surface area contributed by atoms with Gasteiger partial charge in [0.15, 0.2) is 0 Å². The monoisotopic (exact) mass is 489 g/mol. The van der Waals surface area contributed by atoms with E-state index in [1.807, 2.05) is 37.3 Å². The van der Waals surface area contributed by atoms with Gasteiger partial charge in [0, 0.05) is 19.3 Å². The van der Waals surface area contributed by atoms with E-state index in [-0.39, 0.29) is 28.9 Å². The molecule has 1 aromatic carbocycles. The average molecular weight is 490 g/mol. The van der Waals surface area contributed by atoms with Gasteiger partial charge in [-0.15, -0.1) is 0 Å². The lowest BCUT2D eigenvalue weighted by molar-refractivity contribution is -0.126. The Morgan fingerprint density at radius 1 is 1.08 bits per heavy atom. The number of carbonyl (C=O) groups is 2. The zero-order valence-electron chi connectivity index (χ0n) is 21.5. The number of carbonyl (C=O) groups excluding carboxylic acids is 2. The number of hydrogen-bond acceptors (Lipinski definition) is 4. The zero-order chi connectivity index (χ0) is 25.9. The van der Waals surface area contributed by atoms with Crippen LogP contribution in [-0.4, -0.2) is 37.7 Å². The highest BCUT2D eigenvalue weighted by Crippen LogP contribution is 2.31. The molecule has 1 aliphatic rings. The van der Waals surface area contributed by atoms with Crippen molar-refractivity contribution in [3.63, 3.8) is 0 Å². The van der Waals surface area contributed by atoms with Crippen molar-refractivity contribution in [1.29, 1.82) is 0 Å². The highest BCUT2D eigenvalue weighted by molar-refractivity contribution is 6.10. The van der Waals surface area contributed by atoms with Crippen LogP contribution in [0.2, 0.25) is 0 Å². The molecule has 4 rings (SSSR count). The number of benzene rings is 1.